The van der Waals surface area contributed by atoms with Crippen molar-refractivity contribution in [1.29, 1.82) is 0 Å². The van der Waals surface area contributed by atoms with E-state index < -0.39 is 292 Å². The quantitative estimate of drug-likeness (QED) is 0.0185. The van der Waals surface area contributed by atoms with Crippen molar-refractivity contribution in [3.8, 4) is 0 Å². The first kappa shape index (κ1) is 108. The summed E-state index contributed by atoms with van der Waals surface area (Å²) in [5.41, 5.74) is 23.9. The van der Waals surface area contributed by atoms with Gasteiger partial charge in [-0.25, -0.2) is 9.78 Å². The van der Waals surface area contributed by atoms with Gasteiger partial charge < -0.3 is 133 Å². The average Bonchev–Trinajstić information content (AvgIpc) is 1.67. The number of aromatic nitrogens is 3. The first-order valence-electron chi connectivity index (χ1n) is 42.3. The first-order valence-corrected chi connectivity index (χ1v) is 42.3. The Morgan fingerprint density at radius 3 is 1.27 bits per heavy atom. The molecule has 47 heteroatoms. The highest BCUT2D eigenvalue weighted by atomic mass is 16.4. The lowest BCUT2D eigenvalue weighted by atomic mass is 9.96. The number of nitrogens with zero attached hydrogens (tertiary/aromatic N) is 1. The zero-order chi connectivity index (χ0) is 97.2. The lowest BCUT2D eigenvalue weighted by Crippen LogP contribution is -2.62. The standard InChI is InChI=1S/C83H121N21O26/c1-8-42(5)68(81(127)96-53(24-28-65(110)111)73(119)98-57(33-46-38-89-49-20-14-13-19-48(46)49)77(123)99-58(34-47-39-88-40-90-47)78(124)97-54(83(129)130)25-29-66(112)113)103-74(120)50(21-15-16-30-84)94-72(118)51(22-26-61(86)105)93-70(116)44(7)91-71(117)52(23-27-64(108)109)95-76(122)56(32-45-17-11-10-12-18-45)102-82(128)69(43(6)9-2)104-80(126)60(36-67(114)115)101-79(125)59(35-62(87)106)100-75(121)55(31-41(3)4)92-63(107)37-85/h10-14,17-20,38-44,50-60,68-69,89H,8-9,15-16,21-37,84-85H2,1-7H3,(H2,86,105)(H2,87,106)(H,88,90)(H,91,117)(H,92,107)(H,93,116)(H,94,118)(H,95,122)(H,96,127)(H,97,124)(H,98,119)(H,99,123)(H,100,121)(H,101,125)(H,102,128)(H,103,120)(H,104,126)(H,108,109)(H,110,111)(H,112,113)(H,114,115)(H,129,130)/t42-,43-,44-,50-,51-,52-,53-,54-,55-,56-,57-,58-,59-,60-,68-,69-/m0/s1. The molecule has 0 unspecified atom stereocenters. The number of hydrogen-bond acceptors (Lipinski definition) is 24. The normalized spacial score (nSPS) is 14.8. The van der Waals surface area contributed by atoms with Crippen molar-refractivity contribution in [2.24, 2.45) is 40.7 Å². The molecule has 0 aliphatic heterocycles. The molecular formula is C83H121N21O26. The number of unbranched alkanes of at least 4 members (excludes halogenated alkanes) is 1. The molecule has 4 rings (SSSR count). The highest BCUT2D eigenvalue weighted by Crippen LogP contribution is 2.22. The molecule has 16 amide bonds. The summed E-state index contributed by atoms with van der Waals surface area (Å²) >= 11 is 0. The highest BCUT2D eigenvalue weighted by Gasteiger charge is 2.41. The minimum atomic E-state index is -2.05. The molecule has 47 nitrogen and oxygen atoms in total. The Balaban J connectivity index is 1.64. The Bertz CT molecular complexity index is 4610. The topological polar surface area (TPSA) is 777 Å². The first-order chi connectivity index (χ1) is 61.4. The summed E-state index contributed by atoms with van der Waals surface area (Å²) in [6, 6.07) is -9.40. The lowest BCUT2D eigenvalue weighted by molar-refractivity contribution is -0.144. The van der Waals surface area contributed by atoms with Crippen LogP contribution in [0.3, 0.4) is 0 Å². The van der Waals surface area contributed by atoms with E-state index in [-0.39, 0.29) is 75.9 Å². The molecule has 16 atom stereocenters. The van der Waals surface area contributed by atoms with Crippen molar-refractivity contribution in [2.75, 3.05) is 13.1 Å². The molecule has 29 N–H and O–H groups in total. The van der Waals surface area contributed by atoms with Crippen LogP contribution in [0.1, 0.15) is 168 Å². The predicted molar refractivity (Wildman–Crippen MR) is 460 cm³/mol. The van der Waals surface area contributed by atoms with Gasteiger partial charge in [0.05, 0.1) is 25.7 Å². The van der Waals surface area contributed by atoms with Gasteiger partial charge in [-0.1, -0.05) is 103 Å². The van der Waals surface area contributed by atoms with Crippen LogP contribution in [-0.2, 0) is 120 Å². The molecule has 2 heterocycles. The number of nitrogens with two attached hydrogens (primary N) is 4. The van der Waals surface area contributed by atoms with Crippen molar-refractivity contribution in [3.63, 3.8) is 0 Å². The highest BCUT2D eigenvalue weighted by molar-refractivity contribution is 6.02. The number of rotatable bonds is 61. The van der Waals surface area contributed by atoms with E-state index in [0.29, 0.717) is 22.0 Å². The van der Waals surface area contributed by atoms with Crippen molar-refractivity contribution >= 4 is 135 Å². The molecule has 2 aromatic carbocycles. The van der Waals surface area contributed by atoms with Crippen LogP contribution in [0.15, 0.2) is 73.3 Å². The number of carboxylic acid groups (broad SMARTS) is 5. The third-order valence-corrected chi connectivity index (χ3v) is 20.9. The van der Waals surface area contributed by atoms with E-state index in [1.807, 2.05) is 0 Å². The van der Waals surface area contributed by atoms with E-state index >= 15 is 0 Å². The lowest BCUT2D eigenvalue weighted by Gasteiger charge is -2.30. The average molecular weight is 1830 g/mol. The van der Waals surface area contributed by atoms with Gasteiger partial charge in [-0.05, 0) is 99.8 Å². The van der Waals surface area contributed by atoms with Crippen molar-refractivity contribution in [3.05, 3.63) is 90.1 Å². The van der Waals surface area contributed by atoms with Crippen LogP contribution in [0.2, 0.25) is 0 Å². The van der Waals surface area contributed by atoms with E-state index in [1.165, 1.54) is 32.6 Å². The number of para-hydroxylation sites is 1. The van der Waals surface area contributed by atoms with Gasteiger partial charge in [0, 0.05) is 73.9 Å². The summed E-state index contributed by atoms with van der Waals surface area (Å²) in [4.78, 5) is 294. The molecule has 0 saturated carbocycles. The molecule has 0 fully saturated rings. The van der Waals surface area contributed by atoms with Gasteiger partial charge in [0.25, 0.3) is 0 Å². The fourth-order valence-corrected chi connectivity index (χ4v) is 13.3. The summed E-state index contributed by atoms with van der Waals surface area (Å²) in [6.45, 7) is 10.3. The molecule has 0 radical (unpaired) electrons. The number of aromatic amines is 2. The number of primary amides is 2. The molecule has 714 valence electrons. The van der Waals surface area contributed by atoms with E-state index in [0.717, 1.165) is 6.92 Å². The van der Waals surface area contributed by atoms with Crippen LogP contribution >= 0.6 is 0 Å². The fourth-order valence-electron chi connectivity index (χ4n) is 13.3. The van der Waals surface area contributed by atoms with E-state index in [1.54, 1.807) is 82.3 Å². The number of hydrogen-bond donors (Lipinski definition) is 25. The SMILES string of the molecule is CC[C@H](C)[C@H](NC(=O)[C@H](CCCCN)NC(=O)[C@H](CCC(N)=O)NC(=O)[C@H](C)NC(=O)[C@H](CCC(=O)O)NC(=O)[C@H](Cc1ccccc1)NC(=O)[C@@H](NC(=O)[C@H](CC(=O)O)NC(=O)[C@H](CC(N)=O)NC(=O)[C@H](CC(C)C)NC(=O)CN)[C@@H](C)CC)C(=O)N[C@@H](CCC(=O)O)C(=O)N[C@@H](Cc1c[nH]c2ccccc12)C(=O)N[C@@H](Cc1cnc[nH]1)C(=O)N[C@@H](CCC(=O)O)C(=O)O. The van der Waals surface area contributed by atoms with Crippen LogP contribution in [0, 0.1) is 17.8 Å². The molecule has 0 aliphatic rings. The summed E-state index contributed by atoms with van der Waals surface area (Å²) in [5, 5.41) is 83.5. The number of carbonyl (C=O) groups is 21. The van der Waals surface area contributed by atoms with Crippen molar-refractivity contribution in [2.45, 2.75) is 255 Å². The Labute approximate surface area is 746 Å². The maximum absolute atomic E-state index is 14.8. The number of aliphatic carboxylic acids is 5. The van der Waals surface area contributed by atoms with Gasteiger partial charge in [-0.15, -0.1) is 0 Å². The number of H-pyrrole nitrogens is 2. The number of carboxylic acids is 5. The molecule has 0 bridgehead atoms. The Hall–Kier alpha value is -14.0. The molecular weight excluding hydrogens is 1710 g/mol. The summed E-state index contributed by atoms with van der Waals surface area (Å²) in [5.74, 6) is -27.1. The van der Waals surface area contributed by atoms with E-state index in [2.05, 4.69) is 89.4 Å². The van der Waals surface area contributed by atoms with Gasteiger partial charge in [0.2, 0.25) is 94.5 Å². The second kappa shape index (κ2) is 54.9. The predicted octanol–water partition coefficient (Wildman–Crippen LogP) is -4.75. The van der Waals surface area contributed by atoms with Crippen LogP contribution < -0.4 is 97.4 Å². The summed E-state index contributed by atoms with van der Waals surface area (Å²) in [7, 11) is 0. The van der Waals surface area contributed by atoms with Gasteiger partial charge in [-0.2, -0.15) is 0 Å². The Morgan fingerprint density at radius 2 is 0.792 bits per heavy atom. The maximum Gasteiger partial charge on any atom is 0.326 e. The molecule has 0 spiro atoms. The fraction of sp³-hybridized carbons (Fsp3) is 0.542. The zero-order valence-corrected chi connectivity index (χ0v) is 73.2. The maximum atomic E-state index is 14.8. The number of imidazole rings is 1. The molecule has 2 aromatic heterocycles. The van der Waals surface area contributed by atoms with Gasteiger partial charge in [0.1, 0.15) is 84.6 Å². The molecule has 0 aliphatic carbocycles. The third kappa shape index (κ3) is 37.9. The summed E-state index contributed by atoms with van der Waals surface area (Å²) in [6.07, 6.45) is -3.95. The Morgan fingerprint density at radius 1 is 0.385 bits per heavy atom. The number of carbonyl (C=O) groups excluding carboxylic acids is 16. The Kier molecular flexibility index (Phi) is 45.7. The zero-order valence-electron chi connectivity index (χ0n) is 73.2. The molecule has 0 saturated heterocycles. The van der Waals surface area contributed by atoms with Crippen LogP contribution in [0.4, 0.5) is 0 Å². The van der Waals surface area contributed by atoms with Gasteiger partial charge >= 0.3 is 29.8 Å². The second-order valence-electron chi connectivity index (χ2n) is 31.8. The van der Waals surface area contributed by atoms with Gasteiger partial charge in [0.15, 0.2) is 0 Å². The number of amides is 16. The monoisotopic (exact) mass is 1830 g/mol. The largest absolute Gasteiger partial charge is 0.481 e. The molecule has 130 heavy (non-hydrogen) atoms. The van der Waals surface area contributed by atoms with E-state index in [9.17, 15) is 126 Å². The smallest absolute Gasteiger partial charge is 0.326 e. The third-order valence-electron chi connectivity index (χ3n) is 20.9. The van der Waals surface area contributed by atoms with Crippen molar-refractivity contribution < 1.29 is 126 Å². The number of nitrogens with one attached hydrogen (secondary N) is 16. The minimum Gasteiger partial charge on any atom is -0.481 e. The summed E-state index contributed by atoms with van der Waals surface area (Å²) < 4.78 is 0. The second-order valence-corrected chi connectivity index (χ2v) is 31.8. The minimum absolute atomic E-state index is 0.0192. The number of benzene rings is 2. The van der Waals surface area contributed by atoms with Gasteiger partial charge in [-0.3, -0.25) is 95.9 Å². The number of fused-ring (bicyclic) bond motifs is 1. The molecule has 4 aromatic rings. The van der Waals surface area contributed by atoms with Crippen LogP contribution in [0.5, 0.6) is 0 Å². The van der Waals surface area contributed by atoms with Crippen molar-refractivity contribution in [1.82, 2.24) is 89.4 Å². The van der Waals surface area contributed by atoms with E-state index in [4.69, 9.17) is 22.9 Å². The van der Waals surface area contributed by atoms with Crippen LogP contribution in [0.25, 0.3) is 10.9 Å². The van der Waals surface area contributed by atoms with Crippen LogP contribution in [-0.4, -0.2) is 263 Å².